The third kappa shape index (κ3) is 7.50. The van der Waals surface area contributed by atoms with Crippen LogP contribution in [-0.2, 0) is 22.4 Å². The highest BCUT2D eigenvalue weighted by molar-refractivity contribution is 5.86. The Morgan fingerprint density at radius 1 is 0.806 bits per heavy atom. The maximum absolute atomic E-state index is 11.5. The van der Waals surface area contributed by atoms with E-state index in [1.165, 1.54) is 0 Å². The number of nitrogens with zero attached hydrogens (tertiary/aromatic N) is 3. The van der Waals surface area contributed by atoms with Gasteiger partial charge < -0.3 is 14.8 Å². The van der Waals surface area contributed by atoms with Crippen molar-refractivity contribution in [3.63, 3.8) is 0 Å². The van der Waals surface area contributed by atoms with Crippen molar-refractivity contribution in [1.82, 2.24) is 15.0 Å². The first-order valence-corrected chi connectivity index (χ1v) is 11.7. The molecular formula is C29H28N4O3. The minimum absolute atomic E-state index is 0.154. The summed E-state index contributed by atoms with van der Waals surface area (Å²) in [6.45, 7) is 5.58. The second-order valence-corrected chi connectivity index (χ2v) is 8.23. The summed E-state index contributed by atoms with van der Waals surface area (Å²) in [5.74, 6) is 2.11. The average Bonchev–Trinajstić information content (AvgIpc) is 2.88. The summed E-state index contributed by atoms with van der Waals surface area (Å²) in [5, 5.41) is 3.28. The summed E-state index contributed by atoms with van der Waals surface area (Å²) in [5.41, 5.74) is 3.39. The molecule has 0 aliphatic carbocycles. The zero-order chi connectivity index (χ0) is 25.2. The van der Waals surface area contributed by atoms with Crippen LogP contribution in [0.5, 0.6) is 5.75 Å². The first-order valence-electron chi connectivity index (χ1n) is 11.7. The van der Waals surface area contributed by atoms with Crippen molar-refractivity contribution in [1.29, 1.82) is 0 Å². The topological polar surface area (TPSA) is 86.2 Å². The Balaban J connectivity index is 1.48. The van der Waals surface area contributed by atoms with Crippen molar-refractivity contribution in [2.24, 2.45) is 0 Å². The molecule has 4 rings (SSSR count). The molecule has 7 heteroatoms. The van der Waals surface area contributed by atoms with Gasteiger partial charge in [-0.2, -0.15) is 9.97 Å². The number of esters is 1. The normalized spacial score (nSPS) is 10.5. The second kappa shape index (κ2) is 12.3. The van der Waals surface area contributed by atoms with E-state index in [0.29, 0.717) is 41.8 Å². The minimum atomic E-state index is -0.423. The molecule has 0 spiro atoms. The van der Waals surface area contributed by atoms with Crippen LogP contribution in [0.3, 0.4) is 0 Å². The molecule has 0 radical (unpaired) electrons. The number of carbonyl (C=O) groups excluding carboxylic acids is 1. The highest BCUT2D eigenvalue weighted by Crippen LogP contribution is 2.18. The number of nitrogens with one attached hydrogen (secondary N) is 1. The van der Waals surface area contributed by atoms with E-state index < -0.39 is 5.97 Å². The number of aromatic nitrogens is 3. The van der Waals surface area contributed by atoms with Gasteiger partial charge in [-0.25, -0.2) is 9.78 Å². The molecule has 0 aliphatic rings. The molecule has 182 valence electrons. The van der Waals surface area contributed by atoms with Gasteiger partial charge in [0.05, 0.1) is 0 Å². The minimum Gasteiger partial charge on any atom is -0.490 e. The number of anilines is 2. The fourth-order valence-electron chi connectivity index (χ4n) is 3.46. The Kier molecular flexibility index (Phi) is 8.38. The summed E-state index contributed by atoms with van der Waals surface area (Å²) >= 11 is 0. The van der Waals surface area contributed by atoms with Crippen molar-refractivity contribution in [3.05, 3.63) is 120 Å². The molecule has 1 heterocycles. The van der Waals surface area contributed by atoms with Crippen LogP contribution in [0.25, 0.3) is 0 Å². The number of rotatable bonds is 11. The van der Waals surface area contributed by atoms with E-state index in [9.17, 15) is 4.79 Å². The quantitative estimate of drug-likeness (QED) is 0.177. The number of hydrogen-bond acceptors (Lipinski definition) is 7. The summed E-state index contributed by atoms with van der Waals surface area (Å²) < 4.78 is 10.8. The molecule has 0 saturated heterocycles. The van der Waals surface area contributed by atoms with Gasteiger partial charge in [0.2, 0.25) is 5.95 Å². The van der Waals surface area contributed by atoms with E-state index in [0.717, 1.165) is 16.8 Å². The number of benzene rings is 3. The van der Waals surface area contributed by atoms with Crippen molar-refractivity contribution >= 4 is 17.6 Å². The van der Waals surface area contributed by atoms with Gasteiger partial charge in [0, 0.05) is 24.1 Å². The predicted molar refractivity (Wildman–Crippen MR) is 139 cm³/mol. The molecular weight excluding hydrogens is 452 g/mol. The van der Waals surface area contributed by atoms with Gasteiger partial charge in [-0.3, -0.25) is 0 Å². The Morgan fingerprint density at radius 2 is 1.44 bits per heavy atom. The van der Waals surface area contributed by atoms with Crippen LogP contribution in [0.15, 0.2) is 97.1 Å². The fourth-order valence-corrected chi connectivity index (χ4v) is 3.46. The summed E-state index contributed by atoms with van der Waals surface area (Å²) in [7, 11) is 0. The third-order valence-corrected chi connectivity index (χ3v) is 5.16. The van der Waals surface area contributed by atoms with Crippen LogP contribution in [0.1, 0.15) is 29.7 Å². The number of carbonyl (C=O) groups is 1. The zero-order valence-corrected chi connectivity index (χ0v) is 20.2. The molecule has 3 aromatic carbocycles. The lowest BCUT2D eigenvalue weighted by Gasteiger charge is -2.11. The van der Waals surface area contributed by atoms with Gasteiger partial charge in [-0.15, -0.1) is 0 Å². The van der Waals surface area contributed by atoms with Crippen LogP contribution in [0.2, 0.25) is 0 Å². The highest BCUT2D eigenvalue weighted by Gasteiger charge is 2.10. The van der Waals surface area contributed by atoms with Crippen LogP contribution >= 0.6 is 0 Å². The molecule has 0 amide bonds. The fraction of sp³-hybridized carbons (Fsp3) is 0.172. The molecule has 1 aromatic heterocycles. The summed E-state index contributed by atoms with van der Waals surface area (Å²) in [4.78, 5) is 25.6. The molecule has 0 aliphatic heterocycles. The number of hydrogen-bond donors (Lipinski definition) is 1. The number of para-hydroxylation sites is 1. The van der Waals surface area contributed by atoms with Crippen molar-refractivity contribution < 1.29 is 14.3 Å². The molecule has 0 saturated carbocycles. The monoisotopic (exact) mass is 480 g/mol. The largest absolute Gasteiger partial charge is 0.490 e. The lowest BCUT2D eigenvalue weighted by molar-refractivity contribution is -0.139. The molecule has 7 nitrogen and oxygen atoms in total. The Bertz CT molecular complexity index is 1250. The van der Waals surface area contributed by atoms with Crippen LogP contribution in [-0.4, -0.2) is 34.1 Å². The van der Waals surface area contributed by atoms with Gasteiger partial charge >= 0.3 is 5.97 Å². The highest BCUT2D eigenvalue weighted by atomic mass is 16.6. The van der Waals surface area contributed by atoms with Crippen LogP contribution < -0.4 is 10.1 Å². The first-order chi connectivity index (χ1) is 17.5. The maximum Gasteiger partial charge on any atom is 0.333 e. The van der Waals surface area contributed by atoms with Crippen molar-refractivity contribution in [2.75, 3.05) is 18.5 Å². The SMILES string of the molecule is C=C(C)C(=O)OCCOc1cccc(Cc2nc(Cc3ccccc3)nc(Nc3ccccc3)n2)c1. The molecule has 0 unspecified atom stereocenters. The van der Waals surface area contributed by atoms with E-state index in [2.05, 4.69) is 34.0 Å². The molecule has 36 heavy (non-hydrogen) atoms. The van der Waals surface area contributed by atoms with E-state index in [4.69, 9.17) is 14.5 Å². The van der Waals surface area contributed by atoms with Gasteiger partial charge in [0.15, 0.2) is 0 Å². The number of ether oxygens (including phenoxy) is 2. The molecule has 1 N–H and O–H groups in total. The van der Waals surface area contributed by atoms with Crippen LogP contribution in [0, 0.1) is 0 Å². The molecule has 0 bridgehead atoms. The van der Waals surface area contributed by atoms with E-state index in [1.54, 1.807) is 6.92 Å². The third-order valence-electron chi connectivity index (χ3n) is 5.16. The van der Waals surface area contributed by atoms with Gasteiger partial charge in [-0.05, 0) is 42.3 Å². The maximum atomic E-state index is 11.5. The average molecular weight is 481 g/mol. The molecule has 0 atom stereocenters. The Hall–Kier alpha value is -4.52. The van der Waals surface area contributed by atoms with E-state index in [-0.39, 0.29) is 13.2 Å². The van der Waals surface area contributed by atoms with Gasteiger partial charge in [-0.1, -0.05) is 67.2 Å². The smallest absolute Gasteiger partial charge is 0.333 e. The van der Waals surface area contributed by atoms with Crippen molar-refractivity contribution in [2.45, 2.75) is 19.8 Å². The van der Waals surface area contributed by atoms with E-state index >= 15 is 0 Å². The second-order valence-electron chi connectivity index (χ2n) is 8.23. The lowest BCUT2D eigenvalue weighted by atomic mass is 10.1. The summed E-state index contributed by atoms with van der Waals surface area (Å²) in [6, 6.07) is 27.6. The van der Waals surface area contributed by atoms with E-state index in [1.807, 2.05) is 72.8 Å². The summed E-state index contributed by atoms with van der Waals surface area (Å²) in [6.07, 6.45) is 1.11. The Morgan fingerprint density at radius 3 is 2.14 bits per heavy atom. The molecule has 4 aromatic rings. The lowest BCUT2D eigenvalue weighted by Crippen LogP contribution is -2.12. The molecule has 0 fully saturated rings. The van der Waals surface area contributed by atoms with Crippen molar-refractivity contribution in [3.8, 4) is 5.75 Å². The first kappa shape index (κ1) is 24.6. The van der Waals surface area contributed by atoms with Gasteiger partial charge in [0.25, 0.3) is 0 Å². The van der Waals surface area contributed by atoms with Crippen LogP contribution in [0.4, 0.5) is 11.6 Å². The zero-order valence-electron chi connectivity index (χ0n) is 20.2. The Labute approximate surface area is 210 Å². The predicted octanol–water partition coefficient (Wildman–Crippen LogP) is 5.29. The standard InChI is InChI=1S/C29H28N4O3/c1-21(2)28(34)36-17-16-35-25-15-9-12-23(18-25)20-27-31-26(19-22-10-5-3-6-11-22)32-29(33-27)30-24-13-7-4-8-14-24/h3-15,18H,1,16-17,19-20H2,2H3,(H,30,31,32,33). The van der Waals surface area contributed by atoms with Gasteiger partial charge in [0.1, 0.15) is 30.6 Å².